The first-order valence-electron chi connectivity index (χ1n) is 5.13. The molecule has 0 aromatic heterocycles. The zero-order valence-corrected chi connectivity index (χ0v) is 9.17. The summed E-state index contributed by atoms with van der Waals surface area (Å²) in [6, 6.07) is 0.0146. The van der Waals surface area contributed by atoms with E-state index in [9.17, 15) is 4.79 Å². The highest BCUT2D eigenvalue weighted by atomic mass is 16.6. The number of hydrogen-bond donors (Lipinski definition) is 2. The molecule has 1 aliphatic rings. The maximum Gasteiger partial charge on any atom is 0.407 e. The second-order valence-electron chi connectivity index (χ2n) is 4.91. The monoisotopic (exact) mass is 200 g/mol. The maximum absolute atomic E-state index is 11.4. The van der Waals surface area contributed by atoms with Crippen molar-refractivity contribution < 1.29 is 9.53 Å². The van der Waals surface area contributed by atoms with Crippen LogP contribution in [0.2, 0.25) is 0 Å². The molecule has 0 unspecified atom stereocenters. The van der Waals surface area contributed by atoms with Crippen LogP contribution in [0.3, 0.4) is 0 Å². The van der Waals surface area contributed by atoms with E-state index in [0.717, 1.165) is 19.3 Å². The standard InChI is InChI=1S/C10H20N2O2/c1-10(2,3)12-9(13)14-8-6-4-5-7(8)11/h7-8H,4-6,11H2,1-3H3,(H,12,13)/t7-,8+/m1/s1. The van der Waals surface area contributed by atoms with Gasteiger partial charge in [0, 0.05) is 11.6 Å². The summed E-state index contributed by atoms with van der Waals surface area (Å²) < 4.78 is 5.22. The fourth-order valence-corrected chi connectivity index (χ4v) is 1.57. The van der Waals surface area contributed by atoms with Crippen LogP contribution in [0.25, 0.3) is 0 Å². The van der Waals surface area contributed by atoms with E-state index in [1.54, 1.807) is 0 Å². The zero-order valence-electron chi connectivity index (χ0n) is 9.17. The molecule has 4 heteroatoms. The van der Waals surface area contributed by atoms with Gasteiger partial charge in [-0.25, -0.2) is 4.79 Å². The minimum Gasteiger partial charge on any atom is -0.445 e. The molecule has 0 spiro atoms. The van der Waals surface area contributed by atoms with Crippen molar-refractivity contribution in [3.63, 3.8) is 0 Å². The molecule has 1 rings (SSSR count). The topological polar surface area (TPSA) is 64.3 Å². The first-order valence-corrected chi connectivity index (χ1v) is 5.13. The Morgan fingerprint density at radius 2 is 2.07 bits per heavy atom. The normalized spacial score (nSPS) is 27.4. The predicted octanol–water partition coefficient (Wildman–Crippen LogP) is 1.39. The molecule has 0 aliphatic heterocycles. The lowest BCUT2D eigenvalue weighted by molar-refractivity contribution is 0.0866. The summed E-state index contributed by atoms with van der Waals surface area (Å²) in [4.78, 5) is 11.4. The van der Waals surface area contributed by atoms with Crippen LogP contribution < -0.4 is 11.1 Å². The van der Waals surface area contributed by atoms with Crippen molar-refractivity contribution in [3.8, 4) is 0 Å². The van der Waals surface area contributed by atoms with E-state index >= 15 is 0 Å². The van der Waals surface area contributed by atoms with Crippen molar-refractivity contribution in [1.29, 1.82) is 0 Å². The third-order valence-corrected chi connectivity index (χ3v) is 2.24. The van der Waals surface area contributed by atoms with E-state index < -0.39 is 0 Å². The van der Waals surface area contributed by atoms with Crippen LogP contribution in [0, 0.1) is 0 Å². The van der Waals surface area contributed by atoms with Crippen molar-refractivity contribution in [2.45, 2.75) is 57.7 Å². The van der Waals surface area contributed by atoms with Crippen molar-refractivity contribution >= 4 is 6.09 Å². The Morgan fingerprint density at radius 3 is 2.50 bits per heavy atom. The molecule has 1 aliphatic carbocycles. The van der Waals surface area contributed by atoms with Crippen LogP contribution in [0.4, 0.5) is 4.79 Å². The summed E-state index contributed by atoms with van der Waals surface area (Å²) >= 11 is 0. The van der Waals surface area contributed by atoms with Crippen molar-refractivity contribution in [2.75, 3.05) is 0 Å². The van der Waals surface area contributed by atoms with Crippen molar-refractivity contribution in [1.82, 2.24) is 5.32 Å². The van der Waals surface area contributed by atoms with Gasteiger partial charge in [-0.15, -0.1) is 0 Å². The van der Waals surface area contributed by atoms with Gasteiger partial charge < -0.3 is 15.8 Å². The molecule has 0 saturated heterocycles. The van der Waals surface area contributed by atoms with Crippen LogP contribution in [-0.4, -0.2) is 23.8 Å². The smallest absolute Gasteiger partial charge is 0.407 e. The first-order chi connectivity index (χ1) is 6.38. The van der Waals surface area contributed by atoms with Gasteiger partial charge in [-0.1, -0.05) is 0 Å². The third kappa shape index (κ3) is 3.54. The quantitative estimate of drug-likeness (QED) is 0.672. The lowest BCUT2D eigenvalue weighted by Gasteiger charge is -2.23. The number of ether oxygens (including phenoxy) is 1. The van der Waals surface area contributed by atoms with Crippen LogP contribution in [0.15, 0.2) is 0 Å². The number of rotatable bonds is 1. The number of hydrogen-bond acceptors (Lipinski definition) is 3. The van der Waals surface area contributed by atoms with E-state index in [2.05, 4.69) is 5.32 Å². The summed E-state index contributed by atoms with van der Waals surface area (Å²) in [5, 5.41) is 2.75. The Hall–Kier alpha value is -0.770. The van der Waals surface area contributed by atoms with Gasteiger partial charge >= 0.3 is 6.09 Å². The van der Waals surface area contributed by atoms with Gasteiger partial charge in [-0.3, -0.25) is 0 Å². The highest BCUT2D eigenvalue weighted by Crippen LogP contribution is 2.20. The number of nitrogens with one attached hydrogen (secondary N) is 1. The zero-order chi connectivity index (χ0) is 10.8. The Kier molecular flexibility index (Phi) is 3.37. The molecule has 2 atom stereocenters. The number of nitrogens with two attached hydrogens (primary N) is 1. The molecule has 1 fully saturated rings. The van der Waals surface area contributed by atoms with E-state index in [-0.39, 0.29) is 23.8 Å². The van der Waals surface area contributed by atoms with Gasteiger partial charge in [0.2, 0.25) is 0 Å². The predicted molar refractivity (Wildman–Crippen MR) is 55.0 cm³/mol. The van der Waals surface area contributed by atoms with Gasteiger partial charge in [0.15, 0.2) is 0 Å². The van der Waals surface area contributed by atoms with E-state index in [0.29, 0.717) is 0 Å². The fourth-order valence-electron chi connectivity index (χ4n) is 1.57. The van der Waals surface area contributed by atoms with E-state index in [1.165, 1.54) is 0 Å². The molecule has 1 saturated carbocycles. The molecular formula is C10H20N2O2. The molecule has 4 nitrogen and oxygen atoms in total. The van der Waals surface area contributed by atoms with Gasteiger partial charge in [-0.2, -0.15) is 0 Å². The molecule has 3 N–H and O–H groups in total. The molecule has 0 heterocycles. The maximum atomic E-state index is 11.4. The van der Waals surface area contributed by atoms with Crippen LogP contribution in [0.1, 0.15) is 40.0 Å². The fraction of sp³-hybridized carbons (Fsp3) is 0.900. The summed E-state index contributed by atoms with van der Waals surface area (Å²) in [6.07, 6.45) is 2.43. The third-order valence-electron chi connectivity index (χ3n) is 2.24. The Balaban J connectivity index is 2.33. The average Bonchev–Trinajstić information content (AvgIpc) is 2.32. The van der Waals surface area contributed by atoms with Gasteiger partial charge in [0.1, 0.15) is 6.10 Å². The number of carbonyl (C=O) groups is 1. The van der Waals surface area contributed by atoms with Crippen LogP contribution in [0.5, 0.6) is 0 Å². The van der Waals surface area contributed by atoms with Crippen molar-refractivity contribution in [3.05, 3.63) is 0 Å². The number of alkyl carbamates (subject to hydrolysis) is 1. The molecule has 1 amide bonds. The van der Waals surface area contributed by atoms with Gasteiger partial charge in [0.25, 0.3) is 0 Å². The first kappa shape index (κ1) is 11.3. The second kappa shape index (κ2) is 4.17. The Morgan fingerprint density at radius 1 is 1.43 bits per heavy atom. The van der Waals surface area contributed by atoms with Gasteiger partial charge in [-0.05, 0) is 40.0 Å². The molecule has 0 bridgehead atoms. The minimum atomic E-state index is -0.361. The lowest BCUT2D eigenvalue weighted by atomic mass is 10.1. The van der Waals surface area contributed by atoms with E-state index in [1.807, 2.05) is 20.8 Å². The minimum absolute atomic E-state index is 0.0146. The van der Waals surface area contributed by atoms with Crippen LogP contribution >= 0.6 is 0 Å². The molecule has 14 heavy (non-hydrogen) atoms. The summed E-state index contributed by atoms with van der Waals surface area (Å²) in [6.45, 7) is 5.76. The Bertz CT molecular complexity index is 211. The summed E-state index contributed by atoms with van der Waals surface area (Å²) in [5.74, 6) is 0. The molecular weight excluding hydrogens is 180 g/mol. The number of carbonyl (C=O) groups excluding carboxylic acids is 1. The Labute approximate surface area is 85.2 Å². The second-order valence-corrected chi connectivity index (χ2v) is 4.91. The summed E-state index contributed by atoms with van der Waals surface area (Å²) in [5.41, 5.74) is 5.54. The molecule has 82 valence electrons. The van der Waals surface area contributed by atoms with Gasteiger partial charge in [0.05, 0.1) is 0 Å². The number of amides is 1. The average molecular weight is 200 g/mol. The van der Waals surface area contributed by atoms with Crippen molar-refractivity contribution in [2.24, 2.45) is 5.73 Å². The highest BCUT2D eigenvalue weighted by molar-refractivity contribution is 5.68. The van der Waals surface area contributed by atoms with E-state index in [4.69, 9.17) is 10.5 Å². The van der Waals surface area contributed by atoms with Crippen LogP contribution in [-0.2, 0) is 4.74 Å². The molecule has 0 aromatic carbocycles. The highest BCUT2D eigenvalue weighted by Gasteiger charge is 2.28. The SMILES string of the molecule is CC(C)(C)NC(=O)O[C@H]1CCC[C@H]1N. The summed E-state index contributed by atoms with van der Waals surface area (Å²) in [7, 11) is 0. The lowest BCUT2D eigenvalue weighted by Crippen LogP contribution is -2.44. The largest absolute Gasteiger partial charge is 0.445 e. The molecule has 0 aromatic rings. The molecule has 0 radical (unpaired) electrons.